The van der Waals surface area contributed by atoms with Gasteiger partial charge in [0, 0.05) is 17.0 Å². The molecule has 0 saturated heterocycles. The molecule has 0 aromatic carbocycles. The second-order valence-electron chi connectivity index (χ2n) is 5.75. The van der Waals surface area contributed by atoms with Gasteiger partial charge in [0.1, 0.15) is 5.25 Å². The van der Waals surface area contributed by atoms with Gasteiger partial charge in [-0.25, -0.2) is 0 Å². The molecule has 0 bridgehead atoms. The molecule has 1 heterocycles. The first-order chi connectivity index (χ1) is 9.49. The van der Waals surface area contributed by atoms with Crippen molar-refractivity contribution in [1.29, 1.82) is 0 Å². The Bertz CT molecular complexity index is 492. The van der Waals surface area contributed by atoms with E-state index in [4.69, 9.17) is 5.11 Å². The maximum atomic E-state index is 12.2. The fourth-order valence-electron chi connectivity index (χ4n) is 2.76. The molecule has 1 aromatic heterocycles. The van der Waals surface area contributed by atoms with Gasteiger partial charge in [0.05, 0.1) is 17.5 Å². The Labute approximate surface area is 121 Å². The summed E-state index contributed by atoms with van der Waals surface area (Å²) in [4.78, 5) is 11.2. The molecule has 1 aliphatic carbocycles. The van der Waals surface area contributed by atoms with E-state index in [1.54, 1.807) is 13.8 Å². The predicted octanol–water partition coefficient (Wildman–Crippen LogP) is 2.36. The van der Waals surface area contributed by atoms with Gasteiger partial charge in [-0.2, -0.15) is 5.10 Å². The number of aromatic nitrogens is 2. The lowest BCUT2D eigenvalue weighted by molar-refractivity contribution is -0.137. The van der Waals surface area contributed by atoms with Crippen molar-refractivity contribution >= 4 is 16.8 Å². The van der Waals surface area contributed by atoms with Crippen LogP contribution in [0.3, 0.4) is 0 Å². The number of nitrogens with zero attached hydrogens (tertiary/aromatic N) is 2. The lowest BCUT2D eigenvalue weighted by Crippen LogP contribution is -2.31. The van der Waals surface area contributed by atoms with Crippen molar-refractivity contribution in [2.24, 2.45) is 5.92 Å². The molecule has 1 aromatic rings. The third kappa shape index (κ3) is 3.48. The quantitative estimate of drug-likeness (QED) is 0.875. The lowest BCUT2D eigenvalue weighted by Gasteiger charge is -2.15. The summed E-state index contributed by atoms with van der Waals surface area (Å²) < 4.78 is 14.2. The van der Waals surface area contributed by atoms with E-state index in [1.807, 2.05) is 16.9 Å². The molecule has 0 spiro atoms. The van der Waals surface area contributed by atoms with E-state index < -0.39 is 22.0 Å². The van der Waals surface area contributed by atoms with Gasteiger partial charge < -0.3 is 5.11 Å². The highest BCUT2D eigenvalue weighted by Crippen LogP contribution is 2.28. The van der Waals surface area contributed by atoms with Gasteiger partial charge in [-0.3, -0.25) is 13.7 Å². The maximum Gasteiger partial charge on any atom is 0.319 e. The zero-order chi connectivity index (χ0) is 14.7. The molecule has 2 unspecified atom stereocenters. The van der Waals surface area contributed by atoms with Crippen LogP contribution in [0.4, 0.5) is 0 Å². The summed E-state index contributed by atoms with van der Waals surface area (Å²) in [6.45, 7) is 3.57. The summed E-state index contributed by atoms with van der Waals surface area (Å²) in [5.41, 5.74) is 0.724. The molecule has 1 saturated carbocycles. The molecule has 1 N–H and O–H groups in total. The zero-order valence-corrected chi connectivity index (χ0v) is 12.8. The van der Waals surface area contributed by atoms with Crippen LogP contribution in [0.25, 0.3) is 0 Å². The molecule has 2 rings (SSSR count). The predicted molar refractivity (Wildman–Crippen MR) is 77.8 cm³/mol. The van der Waals surface area contributed by atoms with Gasteiger partial charge in [0.15, 0.2) is 0 Å². The van der Waals surface area contributed by atoms with Crippen molar-refractivity contribution < 1.29 is 14.1 Å². The SMILES string of the molecule is CC(C)C(C(=O)O)S(=O)Cc1ccn(C2CCCC2)n1. The molecular formula is C14H22N2O3S. The zero-order valence-electron chi connectivity index (χ0n) is 12.0. The van der Waals surface area contributed by atoms with Crippen LogP contribution in [-0.2, 0) is 21.3 Å². The number of carbonyl (C=O) groups is 1. The molecule has 0 radical (unpaired) electrons. The average molecular weight is 298 g/mol. The smallest absolute Gasteiger partial charge is 0.319 e. The van der Waals surface area contributed by atoms with Crippen molar-refractivity contribution in [1.82, 2.24) is 9.78 Å². The van der Waals surface area contributed by atoms with Crippen LogP contribution < -0.4 is 0 Å². The minimum absolute atomic E-state index is 0.148. The standard InChI is InChI=1S/C14H22N2O3S/c1-10(2)13(14(17)18)20(19)9-11-7-8-16(15-11)12-5-3-4-6-12/h7-8,10,12-13H,3-6,9H2,1-2H3,(H,17,18). The molecule has 2 atom stereocenters. The van der Waals surface area contributed by atoms with Crippen molar-refractivity contribution in [3.63, 3.8) is 0 Å². The molecule has 20 heavy (non-hydrogen) atoms. The maximum absolute atomic E-state index is 12.2. The third-order valence-corrected chi connectivity index (χ3v) is 5.68. The topological polar surface area (TPSA) is 72.2 Å². The molecule has 0 amide bonds. The van der Waals surface area contributed by atoms with Crippen LogP contribution in [-0.4, -0.2) is 30.3 Å². The van der Waals surface area contributed by atoms with Crippen LogP contribution in [0.1, 0.15) is 51.3 Å². The highest BCUT2D eigenvalue weighted by Gasteiger charge is 2.28. The minimum atomic E-state index is -1.43. The Morgan fingerprint density at radius 3 is 2.70 bits per heavy atom. The van der Waals surface area contributed by atoms with Gasteiger partial charge in [0.2, 0.25) is 0 Å². The molecule has 1 fully saturated rings. The Morgan fingerprint density at radius 1 is 1.50 bits per heavy atom. The van der Waals surface area contributed by atoms with Gasteiger partial charge >= 0.3 is 5.97 Å². The molecule has 0 aliphatic heterocycles. The number of carboxylic acids is 1. The van der Waals surface area contributed by atoms with Gasteiger partial charge in [0.25, 0.3) is 0 Å². The average Bonchev–Trinajstić information content (AvgIpc) is 2.96. The first-order valence-electron chi connectivity index (χ1n) is 7.13. The fraction of sp³-hybridized carbons (Fsp3) is 0.714. The van der Waals surface area contributed by atoms with Gasteiger partial charge in [-0.1, -0.05) is 26.7 Å². The van der Waals surface area contributed by atoms with Crippen LogP contribution >= 0.6 is 0 Å². The fourth-order valence-corrected chi connectivity index (χ4v) is 4.22. The van der Waals surface area contributed by atoms with E-state index in [0.717, 1.165) is 18.5 Å². The van der Waals surface area contributed by atoms with Gasteiger partial charge in [-0.05, 0) is 24.8 Å². The van der Waals surface area contributed by atoms with Crippen molar-refractivity contribution in [3.05, 3.63) is 18.0 Å². The third-order valence-electron chi connectivity index (χ3n) is 3.78. The molecule has 6 heteroatoms. The van der Waals surface area contributed by atoms with Crippen LogP contribution in [0.2, 0.25) is 0 Å². The Kier molecular flexibility index (Phi) is 4.96. The van der Waals surface area contributed by atoms with Gasteiger partial charge in [-0.15, -0.1) is 0 Å². The Morgan fingerprint density at radius 2 is 2.15 bits per heavy atom. The Hall–Kier alpha value is -1.17. The van der Waals surface area contributed by atoms with E-state index in [0.29, 0.717) is 6.04 Å². The summed E-state index contributed by atoms with van der Waals surface area (Å²) in [5, 5.41) is 12.8. The Balaban J connectivity index is 2.02. The number of hydrogen-bond acceptors (Lipinski definition) is 3. The highest BCUT2D eigenvalue weighted by molar-refractivity contribution is 7.85. The van der Waals surface area contributed by atoms with E-state index in [-0.39, 0.29) is 11.7 Å². The first-order valence-corrected chi connectivity index (χ1v) is 8.51. The van der Waals surface area contributed by atoms with Crippen molar-refractivity contribution in [2.45, 2.75) is 56.6 Å². The van der Waals surface area contributed by atoms with Crippen molar-refractivity contribution in [2.75, 3.05) is 0 Å². The summed E-state index contributed by atoms with van der Waals surface area (Å²) in [6, 6.07) is 2.31. The van der Waals surface area contributed by atoms with Crippen LogP contribution in [0, 0.1) is 5.92 Å². The summed E-state index contributed by atoms with van der Waals surface area (Å²) in [5.74, 6) is -0.923. The molecule has 112 valence electrons. The number of hydrogen-bond donors (Lipinski definition) is 1. The first kappa shape index (κ1) is 15.2. The van der Waals surface area contributed by atoms with Crippen molar-refractivity contribution in [3.8, 4) is 0 Å². The molecule has 5 nitrogen and oxygen atoms in total. The summed E-state index contributed by atoms with van der Waals surface area (Å²) in [6.07, 6.45) is 6.69. The normalized spacial score (nSPS) is 19.4. The highest BCUT2D eigenvalue weighted by atomic mass is 32.2. The largest absolute Gasteiger partial charge is 0.480 e. The van der Waals surface area contributed by atoms with E-state index in [2.05, 4.69) is 5.10 Å². The van der Waals surface area contributed by atoms with E-state index in [9.17, 15) is 9.00 Å². The van der Waals surface area contributed by atoms with E-state index >= 15 is 0 Å². The number of carboxylic acid groups (broad SMARTS) is 1. The molecular weight excluding hydrogens is 276 g/mol. The minimum Gasteiger partial charge on any atom is -0.480 e. The second-order valence-corrected chi connectivity index (χ2v) is 7.31. The number of aliphatic carboxylic acids is 1. The summed E-state index contributed by atoms with van der Waals surface area (Å²) in [7, 11) is -1.43. The van der Waals surface area contributed by atoms with E-state index in [1.165, 1.54) is 12.8 Å². The summed E-state index contributed by atoms with van der Waals surface area (Å²) >= 11 is 0. The number of rotatable bonds is 6. The second kappa shape index (κ2) is 6.52. The lowest BCUT2D eigenvalue weighted by atomic mass is 10.1. The van der Waals surface area contributed by atoms with Crippen LogP contribution in [0.5, 0.6) is 0 Å². The molecule has 1 aliphatic rings. The monoisotopic (exact) mass is 298 g/mol. The van der Waals surface area contributed by atoms with Crippen LogP contribution in [0.15, 0.2) is 12.3 Å².